The second kappa shape index (κ2) is 12.0. The van der Waals surface area contributed by atoms with Gasteiger partial charge in [-0.2, -0.15) is 0 Å². The van der Waals surface area contributed by atoms with E-state index in [-0.39, 0.29) is 23.2 Å². The Bertz CT molecular complexity index is 1190. The minimum Gasteiger partial charge on any atom is -0.480 e. The minimum atomic E-state index is -1.20. The normalized spacial score (nSPS) is 15.3. The molecule has 1 atom stereocenters. The first-order valence-electron chi connectivity index (χ1n) is 10.3. The van der Waals surface area contributed by atoms with Crippen molar-refractivity contribution in [3.05, 3.63) is 51.5 Å². The number of carboxylic acid groups (broad SMARTS) is 1. The van der Waals surface area contributed by atoms with Crippen LogP contribution < -0.4 is 16.8 Å². The number of carbonyl (C=O) groups excluding carboxylic acids is 2. The lowest BCUT2D eigenvalue weighted by atomic mass is 10.1. The number of nitrogens with one attached hydrogen (secondary N) is 1. The summed E-state index contributed by atoms with van der Waals surface area (Å²) >= 11 is 9.68. The van der Waals surface area contributed by atoms with Crippen molar-refractivity contribution in [2.75, 3.05) is 13.1 Å². The van der Waals surface area contributed by atoms with Crippen molar-refractivity contribution in [3.8, 4) is 11.3 Å². The number of furan rings is 1. The van der Waals surface area contributed by atoms with E-state index in [0.717, 1.165) is 26.7 Å². The van der Waals surface area contributed by atoms with E-state index < -0.39 is 30.4 Å². The Morgan fingerprint density at radius 1 is 1.26 bits per heavy atom. The number of hydrogen-bond donors (Lipinski definition) is 4. The molecule has 1 aromatic carbocycles. The fraction of sp³-hybridized carbons (Fsp3) is 0.227. The quantitative estimate of drug-likeness (QED) is 0.109. The van der Waals surface area contributed by atoms with Crippen molar-refractivity contribution < 1.29 is 23.9 Å². The third-order valence-electron chi connectivity index (χ3n) is 4.78. The number of rotatable bonds is 10. The average Bonchev–Trinajstić information content (AvgIpc) is 3.36. The zero-order valence-electron chi connectivity index (χ0n) is 18.3. The van der Waals surface area contributed by atoms with E-state index in [0.29, 0.717) is 22.8 Å². The summed E-state index contributed by atoms with van der Waals surface area (Å²) in [6, 6.07) is 9.97. The Balaban J connectivity index is 1.61. The van der Waals surface area contributed by atoms with E-state index in [1.54, 1.807) is 18.2 Å². The summed E-state index contributed by atoms with van der Waals surface area (Å²) in [5.74, 6) is -1.31. The number of thioether (sulfide) groups is 1. The van der Waals surface area contributed by atoms with Gasteiger partial charge in [-0.25, -0.2) is 4.79 Å². The molecule has 0 unspecified atom stereocenters. The summed E-state index contributed by atoms with van der Waals surface area (Å²) in [7, 11) is 0. The molecule has 1 saturated heterocycles. The molecule has 1 aliphatic rings. The zero-order chi connectivity index (χ0) is 25.5. The number of aliphatic imine (C=N–C) groups is 1. The van der Waals surface area contributed by atoms with Gasteiger partial charge in [-0.05, 0) is 37.1 Å². The first kappa shape index (κ1) is 26.4. The summed E-state index contributed by atoms with van der Waals surface area (Å²) in [6.45, 7) is -0.167. The topological polar surface area (TPSA) is 164 Å². The molecule has 0 bridgehead atoms. The third kappa shape index (κ3) is 7.41. The molecular weight excluding hydrogens is 558 g/mol. The maximum atomic E-state index is 12.8. The Morgan fingerprint density at radius 3 is 2.63 bits per heavy atom. The summed E-state index contributed by atoms with van der Waals surface area (Å²) in [5, 5.41) is 11.8. The van der Waals surface area contributed by atoms with Crippen LogP contribution in [-0.4, -0.2) is 57.2 Å². The summed E-state index contributed by atoms with van der Waals surface area (Å²) < 4.78 is 6.96. The maximum Gasteiger partial charge on any atom is 0.326 e. The van der Waals surface area contributed by atoms with Gasteiger partial charge in [-0.15, -0.1) is 0 Å². The number of nitrogens with zero attached hydrogens (tertiary/aromatic N) is 2. The number of nitrogens with two attached hydrogens (primary N) is 2. The van der Waals surface area contributed by atoms with Gasteiger partial charge in [0, 0.05) is 22.7 Å². The highest BCUT2D eigenvalue weighted by Gasteiger charge is 2.34. The number of benzene rings is 1. The number of carboxylic acids is 1. The van der Waals surface area contributed by atoms with Crippen LogP contribution in [0, 0.1) is 0 Å². The predicted octanol–water partition coefficient (Wildman–Crippen LogP) is 2.53. The minimum absolute atomic E-state index is 0.0950. The SMILES string of the molecule is NC(N)=NCCC[C@H](NC(=O)CN1C(=O)/C(=C\c2ccc(-c3ccc(Br)cc3)o2)SC1=S)C(=O)O. The fourth-order valence-corrected chi connectivity index (χ4v) is 4.61. The summed E-state index contributed by atoms with van der Waals surface area (Å²) in [5.41, 5.74) is 11.4. The molecule has 35 heavy (non-hydrogen) atoms. The Kier molecular flexibility index (Phi) is 9.07. The molecule has 0 spiro atoms. The molecule has 1 aliphatic heterocycles. The van der Waals surface area contributed by atoms with Gasteiger partial charge in [0.15, 0.2) is 5.96 Å². The summed E-state index contributed by atoms with van der Waals surface area (Å²) in [4.78, 5) is 42.0. The van der Waals surface area contributed by atoms with Crippen LogP contribution in [0.4, 0.5) is 0 Å². The number of thiocarbonyl (C=S) groups is 1. The molecule has 13 heteroatoms. The van der Waals surface area contributed by atoms with Crippen LogP contribution >= 0.6 is 39.9 Å². The lowest BCUT2D eigenvalue weighted by molar-refractivity contribution is -0.142. The molecule has 0 saturated carbocycles. The first-order chi connectivity index (χ1) is 16.6. The average molecular weight is 580 g/mol. The second-order valence-corrected chi connectivity index (χ2v) is 9.98. The molecule has 2 amide bonds. The van der Waals surface area contributed by atoms with Crippen LogP contribution in [0.5, 0.6) is 0 Å². The Labute approximate surface area is 218 Å². The van der Waals surface area contributed by atoms with Gasteiger partial charge in [0.25, 0.3) is 5.91 Å². The zero-order valence-corrected chi connectivity index (χ0v) is 21.5. The number of amides is 2. The summed E-state index contributed by atoms with van der Waals surface area (Å²) in [6.07, 6.45) is 2.03. The van der Waals surface area contributed by atoms with Gasteiger partial charge in [0.1, 0.15) is 28.4 Å². The number of hydrogen-bond acceptors (Lipinski definition) is 7. The highest BCUT2D eigenvalue weighted by atomic mass is 79.9. The van der Waals surface area contributed by atoms with Crippen LogP contribution in [0.25, 0.3) is 17.4 Å². The van der Waals surface area contributed by atoms with E-state index in [1.165, 1.54) is 0 Å². The van der Waals surface area contributed by atoms with Crippen molar-refractivity contribution in [1.29, 1.82) is 0 Å². The third-order valence-corrected chi connectivity index (χ3v) is 6.69. The molecule has 3 rings (SSSR count). The van der Waals surface area contributed by atoms with E-state index in [1.807, 2.05) is 24.3 Å². The maximum absolute atomic E-state index is 12.8. The molecule has 2 aromatic rings. The second-order valence-electron chi connectivity index (χ2n) is 7.38. The molecule has 0 aliphatic carbocycles. The molecule has 184 valence electrons. The highest BCUT2D eigenvalue weighted by molar-refractivity contribution is 9.10. The van der Waals surface area contributed by atoms with Gasteiger partial charge in [-0.3, -0.25) is 19.5 Å². The van der Waals surface area contributed by atoms with E-state index in [4.69, 9.17) is 28.1 Å². The highest BCUT2D eigenvalue weighted by Crippen LogP contribution is 2.33. The molecule has 6 N–H and O–H groups in total. The first-order valence-corrected chi connectivity index (χ1v) is 12.3. The number of halogens is 1. The van der Waals surface area contributed by atoms with Crippen LogP contribution in [0.3, 0.4) is 0 Å². The standard InChI is InChI=1S/C22H22BrN5O5S2/c23-13-5-3-12(4-6-13)16-8-7-14(33-16)10-17-19(30)28(22(34)35-17)11-18(29)27-15(20(31)32)2-1-9-26-21(24)25/h3-8,10,15H,1-2,9,11H2,(H,27,29)(H,31,32)(H4,24,25,26)/b17-10+/t15-/m0/s1. The molecule has 10 nitrogen and oxygen atoms in total. The van der Waals surface area contributed by atoms with Crippen molar-refractivity contribution in [2.24, 2.45) is 16.5 Å². The monoisotopic (exact) mass is 579 g/mol. The van der Waals surface area contributed by atoms with Crippen molar-refractivity contribution in [2.45, 2.75) is 18.9 Å². The van der Waals surface area contributed by atoms with Crippen LogP contribution in [0.1, 0.15) is 18.6 Å². The Morgan fingerprint density at radius 2 is 1.97 bits per heavy atom. The van der Waals surface area contributed by atoms with Crippen molar-refractivity contribution >= 4 is 74.0 Å². The molecule has 1 aromatic heterocycles. The van der Waals surface area contributed by atoms with Gasteiger partial charge in [0.05, 0.1) is 4.91 Å². The largest absolute Gasteiger partial charge is 0.480 e. The molecule has 2 heterocycles. The van der Waals surface area contributed by atoms with E-state index in [9.17, 15) is 19.5 Å². The van der Waals surface area contributed by atoms with Gasteiger partial charge >= 0.3 is 5.97 Å². The van der Waals surface area contributed by atoms with Gasteiger partial charge in [-0.1, -0.05) is 52.0 Å². The van der Waals surface area contributed by atoms with E-state index in [2.05, 4.69) is 26.2 Å². The van der Waals surface area contributed by atoms with Gasteiger partial charge in [0.2, 0.25) is 5.91 Å². The smallest absolute Gasteiger partial charge is 0.326 e. The van der Waals surface area contributed by atoms with E-state index >= 15 is 0 Å². The molecule has 0 radical (unpaired) electrons. The van der Waals surface area contributed by atoms with Crippen LogP contribution in [0.2, 0.25) is 0 Å². The molecule has 1 fully saturated rings. The fourth-order valence-electron chi connectivity index (χ4n) is 3.11. The number of carbonyl (C=O) groups is 3. The molecular formula is C22H22BrN5O5S2. The van der Waals surface area contributed by atoms with Crippen LogP contribution in [-0.2, 0) is 14.4 Å². The Hall–Kier alpha value is -3.16. The number of aliphatic carboxylic acids is 1. The van der Waals surface area contributed by atoms with Gasteiger partial charge < -0.3 is 26.3 Å². The predicted molar refractivity (Wildman–Crippen MR) is 141 cm³/mol. The van der Waals surface area contributed by atoms with Crippen molar-refractivity contribution in [1.82, 2.24) is 10.2 Å². The number of guanidine groups is 1. The van der Waals surface area contributed by atoms with Crippen molar-refractivity contribution in [3.63, 3.8) is 0 Å². The lowest BCUT2D eigenvalue weighted by Crippen LogP contribution is -2.46. The van der Waals surface area contributed by atoms with Crippen LogP contribution in [0.15, 0.2) is 55.2 Å². The lowest BCUT2D eigenvalue weighted by Gasteiger charge is -2.18.